The molecule has 0 amide bonds. The van der Waals surface area contributed by atoms with Crippen molar-refractivity contribution in [3.05, 3.63) is 51.8 Å². The lowest BCUT2D eigenvalue weighted by Gasteiger charge is -2.13. The third-order valence-corrected chi connectivity index (χ3v) is 5.04. The number of ether oxygens (including phenoxy) is 2. The van der Waals surface area contributed by atoms with Crippen molar-refractivity contribution >= 4 is 27.3 Å². The Kier molecular flexibility index (Phi) is 5.78. The molecule has 0 aliphatic heterocycles. The smallest absolute Gasteiger partial charge is 0.169 e. The van der Waals surface area contributed by atoms with Gasteiger partial charge in [-0.3, -0.25) is 4.90 Å². The second-order valence-corrected chi connectivity index (χ2v) is 7.23. The molecule has 132 valence electrons. The molecule has 0 atom stereocenters. The van der Waals surface area contributed by atoms with E-state index >= 15 is 0 Å². The first-order valence-electron chi connectivity index (χ1n) is 7.68. The van der Waals surface area contributed by atoms with Gasteiger partial charge in [0, 0.05) is 17.5 Å². The molecule has 0 spiro atoms. The van der Waals surface area contributed by atoms with Crippen LogP contribution in [0.4, 0.5) is 0 Å². The van der Waals surface area contributed by atoms with Crippen LogP contribution < -0.4 is 9.47 Å². The molecule has 0 bridgehead atoms. The molecule has 0 unspecified atom stereocenters. The van der Waals surface area contributed by atoms with Gasteiger partial charge >= 0.3 is 0 Å². The van der Waals surface area contributed by atoms with Gasteiger partial charge in [-0.1, -0.05) is 0 Å². The molecular weight excluding hydrogens is 404 g/mol. The number of nitrogens with zero attached hydrogens (tertiary/aromatic N) is 2. The highest BCUT2D eigenvalue weighted by molar-refractivity contribution is 9.10. The number of aromatic nitrogens is 1. The lowest BCUT2D eigenvalue weighted by molar-refractivity contribution is 0.283. The number of benzene rings is 1. The summed E-state index contributed by atoms with van der Waals surface area (Å²) in [5.41, 5.74) is 2.05. The van der Waals surface area contributed by atoms with Crippen LogP contribution in [0.3, 0.4) is 0 Å². The van der Waals surface area contributed by atoms with Crippen molar-refractivity contribution in [2.75, 3.05) is 21.3 Å². The number of hydrogen-bond donors (Lipinski definition) is 0. The SMILES string of the molecule is COc1ccc(-c2nc(CN(C)Cc3ccc(Br)o3)cs2)cc1OC. The summed E-state index contributed by atoms with van der Waals surface area (Å²) in [6, 6.07) is 9.72. The normalized spacial score (nSPS) is 11.1. The second-order valence-electron chi connectivity index (χ2n) is 5.59. The zero-order valence-corrected chi connectivity index (χ0v) is 16.7. The summed E-state index contributed by atoms with van der Waals surface area (Å²) in [6.45, 7) is 1.48. The lowest BCUT2D eigenvalue weighted by atomic mass is 10.2. The maximum Gasteiger partial charge on any atom is 0.169 e. The Balaban J connectivity index is 1.69. The predicted molar refractivity (Wildman–Crippen MR) is 102 cm³/mol. The van der Waals surface area contributed by atoms with E-state index in [0.29, 0.717) is 11.5 Å². The van der Waals surface area contributed by atoms with Gasteiger partial charge in [0.25, 0.3) is 0 Å². The van der Waals surface area contributed by atoms with Gasteiger partial charge in [-0.25, -0.2) is 4.98 Å². The average molecular weight is 423 g/mol. The van der Waals surface area contributed by atoms with Crippen molar-refractivity contribution in [1.29, 1.82) is 0 Å². The molecule has 0 fully saturated rings. The van der Waals surface area contributed by atoms with Crippen molar-refractivity contribution in [1.82, 2.24) is 9.88 Å². The minimum Gasteiger partial charge on any atom is -0.493 e. The molecule has 7 heteroatoms. The number of rotatable bonds is 7. The molecule has 3 aromatic rings. The molecule has 1 aromatic carbocycles. The Morgan fingerprint density at radius 3 is 2.60 bits per heavy atom. The van der Waals surface area contributed by atoms with Crippen LogP contribution in [0.15, 0.2) is 44.8 Å². The highest BCUT2D eigenvalue weighted by Crippen LogP contribution is 2.33. The Labute approximate surface area is 159 Å². The first kappa shape index (κ1) is 18.0. The molecular formula is C18H19BrN2O3S. The minimum atomic E-state index is 0.706. The molecule has 2 aromatic heterocycles. The van der Waals surface area contributed by atoms with E-state index in [2.05, 4.69) is 26.2 Å². The van der Waals surface area contributed by atoms with E-state index in [9.17, 15) is 0 Å². The van der Waals surface area contributed by atoms with Gasteiger partial charge in [0.2, 0.25) is 0 Å². The zero-order valence-electron chi connectivity index (χ0n) is 14.3. The molecule has 0 saturated carbocycles. The van der Waals surface area contributed by atoms with Crippen LogP contribution in [0.5, 0.6) is 11.5 Å². The minimum absolute atomic E-state index is 0.706. The van der Waals surface area contributed by atoms with E-state index in [1.807, 2.05) is 37.4 Å². The van der Waals surface area contributed by atoms with Crippen molar-refractivity contribution in [3.8, 4) is 22.1 Å². The fourth-order valence-corrected chi connectivity index (χ4v) is 3.66. The van der Waals surface area contributed by atoms with Crippen LogP contribution in [0.1, 0.15) is 11.5 Å². The second kappa shape index (κ2) is 8.03. The summed E-state index contributed by atoms with van der Waals surface area (Å²) in [7, 11) is 5.31. The highest BCUT2D eigenvalue weighted by Gasteiger charge is 2.11. The quantitative estimate of drug-likeness (QED) is 0.546. The third-order valence-electron chi connectivity index (χ3n) is 3.67. The van der Waals surface area contributed by atoms with Crippen LogP contribution in [0.25, 0.3) is 10.6 Å². The van der Waals surface area contributed by atoms with Gasteiger partial charge in [-0.15, -0.1) is 11.3 Å². The number of furan rings is 1. The van der Waals surface area contributed by atoms with E-state index in [-0.39, 0.29) is 0 Å². The third kappa shape index (κ3) is 4.42. The highest BCUT2D eigenvalue weighted by atomic mass is 79.9. The number of thiazole rings is 1. The van der Waals surface area contributed by atoms with E-state index in [1.165, 1.54) is 0 Å². The fourth-order valence-electron chi connectivity index (χ4n) is 2.52. The van der Waals surface area contributed by atoms with E-state index < -0.39 is 0 Å². The van der Waals surface area contributed by atoms with E-state index in [0.717, 1.165) is 39.8 Å². The molecule has 5 nitrogen and oxygen atoms in total. The Morgan fingerprint density at radius 2 is 1.92 bits per heavy atom. The monoisotopic (exact) mass is 422 g/mol. The molecule has 0 N–H and O–H groups in total. The summed E-state index contributed by atoms with van der Waals surface area (Å²) >= 11 is 4.95. The first-order valence-corrected chi connectivity index (χ1v) is 9.36. The van der Waals surface area contributed by atoms with Crippen LogP contribution in [-0.2, 0) is 13.1 Å². The number of methoxy groups -OCH3 is 2. The fraction of sp³-hybridized carbons (Fsp3) is 0.278. The topological polar surface area (TPSA) is 47.7 Å². The summed E-state index contributed by atoms with van der Waals surface area (Å²) in [6.07, 6.45) is 0. The summed E-state index contributed by atoms with van der Waals surface area (Å²) in [5, 5.41) is 3.05. The standard InChI is InChI=1S/C18H19BrN2O3S/c1-21(10-14-5-7-17(19)24-14)9-13-11-25-18(20-13)12-4-6-15(22-2)16(8-12)23-3/h4-8,11H,9-10H2,1-3H3. The molecule has 25 heavy (non-hydrogen) atoms. The molecule has 0 aliphatic carbocycles. The van der Waals surface area contributed by atoms with Gasteiger partial charge in [-0.05, 0) is 53.3 Å². The number of halogens is 1. The van der Waals surface area contributed by atoms with Gasteiger partial charge in [0.05, 0.1) is 26.5 Å². The lowest BCUT2D eigenvalue weighted by Crippen LogP contribution is -2.17. The maximum absolute atomic E-state index is 5.55. The zero-order chi connectivity index (χ0) is 17.8. The Hall–Kier alpha value is -1.83. The predicted octanol–water partition coefficient (Wildman–Crippen LogP) is 4.81. The molecule has 2 heterocycles. The van der Waals surface area contributed by atoms with Gasteiger partial charge in [0.1, 0.15) is 10.8 Å². The van der Waals surface area contributed by atoms with Crippen LogP contribution in [0.2, 0.25) is 0 Å². The molecule has 3 rings (SSSR count). The average Bonchev–Trinajstić information content (AvgIpc) is 3.23. The summed E-state index contributed by atoms with van der Waals surface area (Å²) < 4.78 is 16.9. The Bertz CT molecular complexity index is 846. The van der Waals surface area contributed by atoms with Gasteiger partial charge in [0.15, 0.2) is 16.2 Å². The molecule has 0 saturated heterocycles. The van der Waals surface area contributed by atoms with E-state index in [1.54, 1.807) is 25.6 Å². The first-order chi connectivity index (χ1) is 12.1. The van der Waals surface area contributed by atoms with Gasteiger partial charge in [-0.2, -0.15) is 0 Å². The number of hydrogen-bond acceptors (Lipinski definition) is 6. The molecule has 0 radical (unpaired) electrons. The van der Waals surface area contributed by atoms with Crippen LogP contribution in [0, 0.1) is 0 Å². The largest absolute Gasteiger partial charge is 0.493 e. The van der Waals surface area contributed by atoms with E-state index in [4.69, 9.17) is 18.9 Å². The molecule has 0 aliphatic rings. The van der Waals surface area contributed by atoms with Crippen LogP contribution in [-0.4, -0.2) is 31.2 Å². The van der Waals surface area contributed by atoms with Crippen molar-refractivity contribution in [2.45, 2.75) is 13.1 Å². The summed E-state index contributed by atoms with van der Waals surface area (Å²) in [5.74, 6) is 2.34. The maximum atomic E-state index is 5.55. The van der Waals surface area contributed by atoms with Crippen molar-refractivity contribution < 1.29 is 13.9 Å². The van der Waals surface area contributed by atoms with Crippen molar-refractivity contribution in [2.24, 2.45) is 0 Å². The Morgan fingerprint density at radius 1 is 1.12 bits per heavy atom. The van der Waals surface area contributed by atoms with Crippen LogP contribution >= 0.6 is 27.3 Å². The van der Waals surface area contributed by atoms with Crippen molar-refractivity contribution in [3.63, 3.8) is 0 Å². The van der Waals surface area contributed by atoms with Gasteiger partial charge < -0.3 is 13.9 Å². The summed E-state index contributed by atoms with van der Waals surface area (Å²) in [4.78, 5) is 6.90.